The van der Waals surface area contributed by atoms with Crippen LogP contribution in [-0.2, 0) is 6.42 Å². The minimum Gasteiger partial charge on any atom is -0.478 e. The maximum Gasteiger partial charge on any atom is 0.340 e. The fourth-order valence-corrected chi connectivity index (χ4v) is 2.81. The molecule has 0 aliphatic rings. The maximum absolute atomic E-state index is 11.0. The number of rotatable bonds is 5. The van der Waals surface area contributed by atoms with Gasteiger partial charge in [0, 0.05) is 18.3 Å². The van der Waals surface area contributed by atoms with Crippen molar-refractivity contribution in [1.29, 1.82) is 0 Å². The zero-order chi connectivity index (χ0) is 12.3. The minimum absolute atomic E-state index is 0.272. The van der Waals surface area contributed by atoms with Crippen LogP contribution in [0.25, 0.3) is 0 Å². The molecule has 2 heterocycles. The van der Waals surface area contributed by atoms with E-state index in [4.69, 9.17) is 5.11 Å². The number of hydrogen-bond donors (Lipinski definition) is 2. The zero-order valence-electron chi connectivity index (χ0n) is 9.14. The van der Waals surface area contributed by atoms with Crippen molar-refractivity contribution >= 4 is 33.8 Å². The molecule has 0 saturated carbocycles. The number of carboxylic acid groups (broad SMARTS) is 1. The first-order valence-electron chi connectivity index (χ1n) is 4.99. The lowest BCUT2D eigenvalue weighted by molar-refractivity contribution is 0.0697. The van der Waals surface area contributed by atoms with Crippen LogP contribution in [0.15, 0.2) is 10.9 Å². The van der Waals surface area contributed by atoms with E-state index in [0.717, 1.165) is 12.1 Å². The van der Waals surface area contributed by atoms with Crippen molar-refractivity contribution < 1.29 is 9.90 Å². The average molecular weight is 269 g/mol. The van der Waals surface area contributed by atoms with Crippen molar-refractivity contribution in [2.75, 3.05) is 11.9 Å². The largest absolute Gasteiger partial charge is 0.478 e. The second-order valence-corrected chi connectivity index (χ2v) is 4.93. The first-order chi connectivity index (χ1) is 8.18. The third kappa shape index (κ3) is 2.80. The molecular weight excluding hydrogens is 258 g/mol. The number of aromatic nitrogens is 2. The summed E-state index contributed by atoms with van der Waals surface area (Å²) in [5.74, 6) is -0.938. The van der Waals surface area contributed by atoms with Gasteiger partial charge in [-0.25, -0.2) is 9.78 Å². The summed E-state index contributed by atoms with van der Waals surface area (Å²) >= 11 is 2.74. The van der Waals surface area contributed by atoms with E-state index in [9.17, 15) is 4.79 Å². The molecule has 0 atom stereocenters. The Morgan fingerprint density at radius 2 is 2.41 bits per heavy atom. The monoisotopic (exact) mass is 269 g/mol. The summed E-state index contributed by atoms with van der Waals surface area (Å²) in [6, 6.07) is 0. The van der Waals surface area contributed by atoms with Crippen LogP contribution in [0, 0.1) is 6.92 Å². The number of nitrogens with zero attached hydrogens (tertiary/aromatic N) is 2. The van der Waals surface area contributed by atoms with Gasteiger partial charge in [0.15, 0.2) is 0 Å². The van der Waals surface area contributed by atoms with E-state index >= 15 is 0 Å². The molecule has 2 aromatic heterocycles. The van der Waals surface area contributed by atoms with Crippen LogP contribution in [0.4, 0.5) is 5.00 Å². The number of thiazole rings is 1. The Labute approximate surface area is 106 Å². The highest BCUT2D eigenvalue weighted by Crippen LogP contribution is 2.24. The van der Waals surface area contributed by atoms with E-state index in [2.05, 4.69) is 14.7 Å². The van der Waals surface area contributed by atoms with Crippen molar-refractivity contribution in [3.05, 3.63) is 27.8 Å². The maximum atomic E-state index is 11.0. The molecule has 2 aromatic rings. The van der Waals surface area contributed by atoms with Crippen molar-refractivity contribution in [2.45, 2.75) is 13.3 Å². The van der Waals surface area contributed by atoms with Gasteiger partial charge in [-0.3, -0.25) is 0 Å². The van der Waals surface area contributed by atoms with E-state index in [-0.39, 0.29) is 5.56 Å². The van der Waals surface area contributed by atoms with E-state index in [1.807, 2.05) is 5.38 Å². The number of nitrogens with one attached hydrogen (secondary N) is 1. The predicted octanol–water partition coefficient (Wildman–Crippen LogP) is 2.26. The van der Waals surface area contributed by atoms with E-state index in [1.165, 1.54) is 11.5 Å². The molecule has 5 nitrogen and oxygen atoms in total. The van der Waals surface area contributed by atoms with Crippen LogP contribution in [0.5, 0.6) is 0 Å². The second kappa shape index (κ2) is 5.24. The molecule has 90 valence electrons. The molecule has 2 rings (SSSR count). The summed E-state index contributed by atoms with van der Waals surface area (Å²) in [4.78, 5) is 15.2. The highest BCUT2D eigenvalue weighted by atomic mass is 32.1. The highest BCUT2D eigenvalue weighted by Gasteiger charge is 2.16. The number of carbonyl (C=O) groups is 1. The molecule has 0 fully saturated rings. The number of aryl methyl sites for hydroxylation is 1. The Bertz CT molecular complexity index is 508. The molecule has 0 bridgehead atoms. The third-order valence-corrected chi connectivity index (χ3v) is 3.76. The zero-order valence-corrected chi connectivity index (χ0v) is 10.8. The fourth-order valence-electron chi connectivity index (χ4n) is 1.41. The van der Waals surface area contributed by atoms with Gasteiger partial charge in [0.2, 0.25) is 0 Å². The van der Waals surface area contributed by atoms with Gasteiger partial charge < -0.3 is 10.4 Å². The Morgan fingerprint density at radius 3 is 3.06 bits per heavy atom. The Kier molecular flexibility index (Phi) is 3.70. The molecule has 0 radical (unpaired) electrons. The second-order valence-electron chi connectivity index (χ2n) is 3.43. The van der Waals surface area contributed by atoms with Gasteiger partial charge in [-0.05, 0) is 18.5 Å². The van der Waals surface area contributed by atoms with Crippen LogP contribution in [0.3, 0.4) is 0 Å². The molecule has 0 aromatic carbocycles. The molecule has 0 unspecified atom stereocenters. The molecule has 2 N–H and O–H groups in total. The van der Waals surface area contributed by atoms with Crippen molar-refractivity contribution in [1.82, 2.24) is 9.36 Å². The van der Waals surface area contributed by atoms with E-state index < -0.39 is 5.97 Å². The Balaban J connectivity index is 1.97. The predicted molar refractivity (Wildman–Crippen MR) is 68.1 cm³/mol. The lowest BCUT2D eigenvalue weighted by Crippen LogP contribution is -2.08. The van der Waals surface area contributed by atoms with Gasteiger partial charge in [-0.15, -0.1) is 11.3 Å². The smallest absolute Gasteiger partial charge is 0.340 e. The van der Waals surface area contributed by atoms with Crippen LogP contribution >= 0.6 is 22.9 Å². The average Bonchev–Trinajstić information content (AvgIpc) is 2.88. The number of aromatic carboxylic acids is 1. The molecular formula is C10H11N3O2S2. The lowest BCUT2D eigenvalue weighted by atomic mass is 10.2. The molecule has 0 amide bonds. The van der Waals surface area contributed by atoms with Crippen molar-refractivity contribution in [2.24, 2.45) is 0 Å². The molecule has 7 heteroatoms. The molecule has 0 saturated heterocycles. The van der Waals surface area contributed by atoms with E-state index in [0.29, 0.717) is 17.2 Å². The summed E-state index contributed by atoms with van der Waals surface area (Å²) in [7, 11) is 0. The molecule has 0 aliphatic heterocycles. The number of anilines is 1. The van der Waals surface area contributed by atoms with Gasteiger partial charge >= 0.3 is 5.97 Å². The standard InChI is InChI=1S/C10H11N3O2S2/c1-6-8(10(14)15)9(17-13-6)11-3-2-7-4-16-5-12-7/h4-5,11H,2-3H2,1H3,(H,14,15). The summed E-state index contributed by atoms with van der Waals surface area (Å²) in [5.41, 5.74) is 3.63. The summed E-state index contributed by atoms with van der Waals surface area (Å²) < 4.78 is 4.04. The Hall–Kier alpha value is -1.47. The third-order valence-electron chi connectivity index (χ3n) is 2.23. The Morgan fingerprint density at radius 1 is 1.59 bits per heavy atom. The van der Waals surface area contributed by atoms with Gasteiger partial charge in [-0.1, -0.05) is 0 Å². The lowest BCUT2D eigenvalue weighted by Gasteiger charge is -2.03. The SMILES string of the molecule is Cc1nsc(NCCc2cscn2)c1C(=O)O. The fraction of sp³-hybridized carbons (Fsp3) is 0.300. The van der Waals surface area contributed by atoms with Gasteiger partial charge in [-0.2, -0.15) is 4.37 Å². The van der Waals surface area contributed by atoms with Crippen LogP contribution in [0.2, 0.25) is 0 Å². The van der Waals surface area contributed by atoms with Gasteiger partial charge in [0.05, 0.1) is 16.9 Å². The van der Waals surface area contributed by atoms with Crippen LogP contribution in [-0.4, -0.2) is 27.0 Å². The minimum atomic E-state index is -0.938. The van der Waals surface area contributed by atoms with E-state index in [1.54, 1.807) is 23.8 Å². The van der Waals surface area contributed by atoms with Crippen molar-refractivity contribution in [3.63, 3.8) is 0 Å². The van der Waals surface area contributed by atoms with Crippen LogP contribution in [0.1, 0.15) is 21.7 Å². The molecule has 0 spiro atoms. The summed E-state index contributed by atoms with van der Waals surface area (Å²) in [6.07, 6.45) is 0.777. The number of hydrogen-bond acceptors (Lipinski definition) is 6. The number of carboxylic acids is 1. The summed E-state index contributed by atoms with van der Waals surface area (Å²) in [6.45, 7) is 2.36. The highest BCUT2D eigenvalue weighted by molar-refractivity contribution is 7.10. The molecule has 17 heavy (non-hydrogen) atoms. The quantitative estimate of drug-likeness (QED) is 0.870. The summed E-state index contributed by atoms with van der Waals surface area (Å²) in [5, 5.41) is 14.7. The first-order valence-corrected chi connectivity index (χ1v) is 6.70. The normalized spacial score (nSPS) is 10.4. The van der Waals surface area contributed by atoms with Gasteiger partial charge in [0.25, 0.3) is 0 Å². The van der Waals surface area contributed by atoms with Crippen molar-refractivity contribution in [3.8, 4) is 0 Å². The topological polar surface area (TPSA) is 75.1 Å². The van der Waals surface area contributed by atoms with Gasteiger partial charge in [0.1, 0.15) is 10.6 Å². The van der Waals surface area contributed by atoms with Crippen LogP contribution < -0.4 is 5.32 Å². The molecule has 0 aliphatic carbocycles. The first kappa shape index (κ1) is 12.0.